The van der Waals surface area contributed by atoms with Crippen LogP contribution in [0.1, 0.15) is 26.5 Å². The number of anilines is 2. The molecule has 1 aromatic heterocycles. The van der Waals surface area contributed by atoms with Crippen molar-refractivity contribution in [2.45, 2.75) is 33.7 Å². The monoisotopic (exact) mass is 265 g/mol. The first-order valence-corrected chi connectivity index (χ1v) is 6.52. The molecule has 0 unspecified atom stereocenters. The fourth-order valence-corrected chi connectivity index (χ4v) is 1.65. The summed E-state index contributed by atoms with van der Waals surface area (Å²) in [6, 6.07) is 2.01. The van der Waals surface area contributed by atoms with Gasteiger partial charge >= 0.3 is 0 Å². The first kappa shape index (κ1) is 15.2. The number of aromatic nitrogens is 2. The van der Waals surface area contributed by atoms with Crippen molar-refractivity contribution >= 4 is 17.7 Å². The summed E-state index contributed by atoms with van der Waals surface area (Å²) < 4.78 is 0. The van der Waals surface area contributed by atoms with Gasteiger partial charge in [-0.15, -0.1) is 0 Å². The number of likely N-dealkylation sites (N-methyl/N-ethyl adjacent to an activating group) is 1. The van der Waals surface area contributed by atoms with Crippen LogP contribution in [0, 0.1) is 6.92 Å². The summed E-state index contributed by atoms with van der Waals surface area (Å²) in [5, 5.41) is 5.94. The Morgan fingerprint density at radius 1 is 1.42 bits per heavy atom. The molecular weight excluding hydrogens is 242 g/mol. The van der Waals surface area contributed by atoms with Gasteiger partial charge in [-0.1, -0.05) is 0 Å². The van der Waals surface area contributed by atoms with E-state index in [2.05, 4.69) is 20.6 Å². The molecule has 0 aromatic carbocycles. The van der Waals surface area contributed by atoms with Crippen LogP contribution in [0.2, 0.25) is 0 Å². The van der Waals surface area contributed by atoms with Gasteiger partial charge in [0.2, 0.25) is 11.9 Å². The van der Waals surface area contributed by atoms with Crippen LogP contribution in [0.5, 0.6) is 0 Å². The van der Waals surface area contributed by atoms with Crippen molar-refractivity contribution in [1.29, 1.82) is 0 Å². The zero-order valence-corrected chi connectivity index (χ0v) is 12.3. The minimum atomic E-state index is -0.0150. The third-order valence-corrected chi connectivity index (χ3v) is 2.40. The predicted molar refractivity (Wildman–Crippen MR) is 77.5 cm³/mol. The van der Waals surface area contributed by atoms with Crippen molar-refractivity contribution in [3.8, 4) is 0 Å². The first-order chi connectivity index (χ1) is 8.92. The highest BCUT2D eigenvalue weighted by Gasteiger charge is 2.11. The normalized spacial score (nSPS) is 10.4. The van der Waals surface area contributed by atoms with E-state index in [9.17, 15) is 4.79 Å². The van der Waals surface area contributed by atoms with Crippen molar-refractivity contribution in [1.82, 2.24) is 15.3 Å². The molecule has 0 aliphatic heterocycles. The van der Waals surface area contributed by atoms with Gasteiger partial charge in [0.25, 0.3) is 0 Å². The van der Waals surface area contributed by atoms with E-state index < -0.39 is 0 Å². The van der Waals surface area contributed by atoms with Crippen molar-refractivity contribution in [3.05, 3.63) is 11.8 Å². The SMILES string of the molecule is CCNc1nc(C)cc(N(C)CC(=O)NC(C)C)n1. The van der Waals surface area contributed by atoms with Gasteiger partial charge in [0, 0.05) is 31.4 Å². The van der Waals surface area contributed by atoms with Gasteiger partial charge in [-0.25, -0.2) is 4.98 Å². The lowest BCUT2D eigenvalue weighted by atomic mass is 10.3. The van der Waals surface area contributed by atoms with Gasteiger partial charge in [-0.2, -0.15) is 4.98 Å². The molecule has 0 aliphatic carbocycles. The zero-order valence-electron chi connectivity index (χ0n) is 12.3. The molecule has 1 rings (SSSR count). The maximum atomic E-state index is 11.7. The largest absolute Gasteiger partial charge is 0.354 e. The molecule has 1 heterocycles. The van der Waals surface area contributed by atoms with Crippen LogP contribution in [0.3, 0.4) is 0 Å². The van der Waals surface area contributed by atoms with Crippen molar-refractivity contribution < 1.29 is 4.79 Å². The van der Waals surface area contributed by atoms with E-state index in [0.717, 1.165) is 18.1 Å². The molecule has 0 saturated carbocycles. The summed E-state index contributed by atoms with van der Waals surface area (Å²) in [5.41, 5.74) is 0.872. The lowest BCUT2D eigenvalue weighted by molar-refractivity contribution is -0.120. The zero-order chi connectivity index (χ0) is 14.4. The molecular formula is C13H23N5O. The number of aryl methyl sites for hydroxylation is 1. The molecule has 0 saturated heterocycles. The quantitative estimate of drug-likeness (QED) is 0.808. The number of amides is 1. The Hall–Kier alpha value is -1.85. The number of carbonyl (C=O) groups excluding carboxylic acids is 1. The molecule has 0 radical (unpaired) electrons. The summed E-state index contributed by atoms with van der Waals surface area (Å²) in [4.78, 5) is 22.2. The Kier molecular flexibility index (Phi) is 5.54. The summed E-state index contributed by atoms with van der Waals surface area (Å²) in [5.74, 6) is 1.31. The number of nitrogens with zero attached hydrogens (tertiary/aromatic N) is 3. The van der Waals surface area contributed by atoms with Crippen LogP contribution in [-0.4, -0.2) is 42.1 Å². The second-order valence-electron chi connectivity index (χ2n) is 4.80. The topological polar surface area (TPSA) is 70.2 Å². The molecule has 1 amide bonds. The second-order valence-corrected chi connectivity index (χ2v) is 4.80. The summed E-state index contributed by atoms with van der Waals surface area (Å²) in [6.45, 7) is 8.83. The van der Waals surface area contributed by atoms with Gasteiger partial charge in [0.15, 0.2) is 0 Å². The molecule has 1 aromatic rings. The highest BCUT2D eigenvalue weighted by Crippen LogP contribution is 2.13. The van der Waals surface area contributed by atoms with Crippen molar-refractivity contribution in [2.24, 2.45) is 0 Å². The van der Waals surface area contributed by atoms with Crippen LogP contribution in [0.4, 0.5) is 11.8 Å². The lowest BCUT2D eigenvalue weighted by Gasteiger charge is -2.19. The van der Waals surface area contributed by atoms with Crippen LogP contribution in [0.15, 0.2) is 6.07 Å². The number of hydrogen-bond acceptors (Lipinski definition) is 5. The van der Waals surface area contributed by atoms with E-state index in [-0.39, 0.29) is 18.5 Å². The Labute approximate surface area is 114 Å². The van der Waals surface area contributed by atoms with E-state index in [0.29, 0.717) is 5.95 Å². The van der Waals surface area contributed by atoms with Crippen LogP contribution >= 0.6 is 0 Å². The third-order valence-electron chi connectivity index (χ3n) is 2.40. The number of nitrogens with one attached hydrogen (secondary N) is 2. The molecule has 106 valence electrons. The van der Waals surface area contributed by atoms with E-state index in [1.54, 1.807) is 0 Å². The lowest BCUT2D eigenvalue weighted by Crippen LogP contribution is -2.38. The molecule has 0 spiro atoms. The van der Waals surface area contributed by atoms with Crippen molar-refractivity contribution in [2.75, 3.05) is 30.4 Å². The fourth-order valence-electron chi connectivity index (χ4n) is 1.65. The molecule has 0 atom stereocenters. The van der Waals surface area contributed by atoms with Gasteiger partial charge in [-0.05, 0) is 27.7 Å². The van der Waals surface area contributed by atoms with Crippen LogP contribution < -0.4 is 15.5 Å². The summed E-state index contributed by atoms with van der Waals surface area (Å²) in [7, 11) is 1.84. The predicted octanol–water partition coefficient (Wildman–Crippen LogP) is 1.18. The minimum absolute atomic E-state index is 0.0150. The third kappa shape index (κ3) is 5.11. The van der Waals surface area contributed by atoms with Gasteiger partial charge in [0.1, 0.15) is 5.82 Å². The molecule has 0 fully saturated rings. The Bertz CT molecular complexity index is 433. The summed E-state index contributed by atoms with van der Waals surface area (Å²) in [6.07, 6.45) is 0. The van der Waals surface area contributed by atoms with Gasteiger partial charge < -0.3 is 15.5 Å². The molecule has 19 heavy (non-hydrogen) atoms. The first-order valence-electron chi connectivity index (χ1n) is 6.52. The molecule has 6 heteroatoms. The van der Waals surface area contributed by atoms with E-state index in [1.165, 1.54) is 0 Å². The molecule has 2 N–H and O–H groups in total. The fraction of sp³-hybridized carbons (Fsp3) is 0.615. The van der Waals surface area contributed by atoms with Gasteiger partial charge in [-0.3, -0.25) is 4.79 Å². The molecule has 0 aliphatic rings. The number of carbonyl (C=O) groups is 1. The second kappa shape index (κ2) is 6.92. The van der Waals surface area contributed by atoms with Crippen LogP contribution in [0.25, 0.3) is 0 Å². The highest BCUT2D eigenvalue weighted by molar-refractivity contribution is 5.81. The molecule has 6 nitrogen and oxygen atoms in total. The average molecular weight is 265 g/mol. The highest BCUT2D eigenvalue weighted by atomic mass is 16.2. The van der Waals surface area contributed by atoms with E-state index in [1.807, 2.05) is 45.7 Å². The number of hydrogen-bond donors (Lipinski definition) is 2. The Morgan fingerprint density at radius 2 is 2.11 bits per heavy atom. The summed E-state index contributed by atoms with van der Waals surface area (Å²) >= 11 is 0. The minimum Gasteiger partial charge on any atom is -0.354 e. The number of rotatable bonds is 6. The van der Waals surface area contributed by atoms with Gasteiger partial charge in [0.05, 0.1) is 6.54 Å². The molecule has 0 bridgehead atoms. The smallest absolute Gasteiger partial charge is 0.239 e. The maximum Gasteiger partial charge on any atom is 0.239 e. The van der Waals surface area contributed by atoms with E-state index >= 15 is 0 Å². The average Bonchev–Trinajstić information content (AvgIpc) is 2.27. The Morgan fingerprint density at radius 3 is 2.68 bits per heavy atom. The van der Waals surface area contributed by atoms with E-state index in [4.69, 9.17) is 0 Å². The Balaban J connectivity index is 2.75. The van der Waals surface area contributed by atoms with Crippen LogP contribution in [-0.2, 0) is 4.79 Å². The van der Waals surface area contributed by atoms with Crippen molar-refractivity contribution in [3.63, 3.8) is 0 Å². The maximum absolute atomic E-state index is 11.7. The standard InChI is InChI=1S/C13H23N5O/c1-6-14-13-16-10(4)7-11(17-13)18(5)8-12(19)15-9(2)3/h7,9H,6,8H2,1-5H3,(H,15,19)(H,14,16,17).